The minimum atomic E-state index is -1.02. The summed E-state index contributed by atoms with van der Waals surface area (Å²) < 4.78 is 0. The Balaban J connectivity index is 2.71. The molecule has 110 valence electrons. The monoisotopic (exact) mass is 270 g/mol. The van der Waals surface area contributed by atoms with Crippen molar-refractivity contribution in [2.45, 2.75) is 39.7 Å². The van der Waals surface area contributed by atoms with Gasteiger partial charge in [0.1, 0.15) is 5.92 Å². The molecule has 1 N–H and O–H groups in total. The zero-order chi connectivity index (χ0) is 14.8. The smallest absolute Gasteiger partial charge is 0.316 e. The predicted molar refractivity (Wildman–Crippen MR) is 73.9 cm³/mol. The van der Waals surface area contributed by atoms with Crippen LogP contribution in [0.1, 0.15) is 33.6 Å². The first-order valence-electron chi connectivity index (χ1n) is 6.82. The molecule has 0 spiro atoms. The topological polar surface area (TPSA) is 60.9 Å². The fourth-order valence-corrected chi connectivity index (χ4v) is 2.63. The van der Waals surface area contributed by atoms with E-state index >= 15 is 0 Å². The third-order valence-electron chi connectivity index (χ3n) is 3.87. The SMILES string of the molecule is CN(C)C1CCN(C(=O)C(C(=O)O)C(C)(C)C)CC1. The van der Waals surface area contributed by atoms with Gasteiger partial charge in [0.05, 0.1) is 0 Å². The van der Waals surface area contributed by atoms with Crippen LogP contribution in [0.3, 0.4) is 0 Å². The molecule has 5 nitrogen and oxygen atoms in total. The lowest BCUT2D eigenvalue weighted by atomic mass is 9.79. The molecule has 1 aliphatic rings. The van der Waals surface area contributed by atoms with Gasteiger partial charge in [0, 0.05) is 19.1 Å². The summed E-state index contributed by atoms with van der Waals surface area (Å²) in [4.78, 5) is 27.6. The Morgan fingerprint density at radius 3 is 2.00 bits per heavy atom. The zero-order valence-electron chi connectivity index (χ0n) is 12.6. The number of nitrogens with zero attached hydrogens (tertiary/aromatic N) is 2. The number of carbonyl (C=O) groups excluding carboxylic acids is 1. The number of hydrogen-bond donors (Lipinski definition) is 1. The standard InChI is InChI=1S/C14H26N2O3/c1-14(2,3)11(13(18)19)12(17)16-8-6-10(7-9-16)15(4)5/h10-11H,6-9H2,1-5H3,(H,18,19). The Kier molecular flexibility index (Phi) is 4.96. The van der Waals surface area contributed by atoms with Gasteiger partial charge in [-0.25, -0.2) is 0 Å². The quantitative estimate of drug-likeness (QED) is 0.785. The van der Waals surface area contributed by atoms with Crippen molar-refractivity contribution in [2.75, 3.05) is 27.2 Å². The maximum Gasteiger partial charge on any atom is 0.316 e. The van der Waals surface area contributed by atoms with Crippen LogP contribution in [0.4, 0.5) is 0 Å². The van der Waals surface area contributed by atoms with E-state index in [1.54, 1.807) is 25.7 Å². The Bertz CT molecular complexity index is 339. The minimum absolute atomic E-state index is 0.239. The molecule has 0 saturated carbocycles. The first kappa shape index (κ1) is 16.0. The van der Waals surface area contributed by atoms with E-state index in [2.05, 4.69) is 4.90 Å². The Hall–Kier alpha value is -1.10. The fourth-order valence-electron chi connectivity index (χ4n) is 2.63. The molecule has 0 aromatic rings. The summed E-state index contributed by atoms with van der Waals surface area (Å²) in [6.07, 6.45) is 1.82. The molecule has 0 aliphatic carbocycles. The van der Waals surface area contributed by atoms with E-state index in [4.69, 9.17) is 0 Å². The van der Waals surface area contributed by atoms with Crippen LogP contribution in [-0.2, 0) is 9.59 Å². The molecule has 1 fully saturated rings. The maximum atomic E-state index is 12.4. The lowest BCUT2D eigenvalue weighted by molar-refractivity contribution is -0.156. The van der Waals surface area contributed by atoms with Crippen molar-refractivity contribution >= 4 is 11.9 Å². The summed E-state index contributed by atoms with van der Waals surface area (Å²) in [6, 6.07) is 0.488. The molecule has 0 bridgehead atoms. The Morgan fingerprint density at radius 1 is 1.21 bits per heavy atom. The van der Waals surface area contributed by atoms with Crippen LogP contribution in [0, 0.1) is 11.3 Å². The summed E-state index contributed by atoms with van der Waals surface area (Å²) >= 11 is 0. The van der Waals surface area contributed by atoms with Gasteiger partial charge in [-0.3, -0.25) is 9.59 Å². The Labute approximate surface area is 115 Å². The average Bonchev–Trinajstić information content (AvgIpc) is 2.26. The van der Waals surface area contributed by atoms with Crippen molar-refractivity contribution in [3.63, 3.8) is 0 Å². The van der Waals surface area contributed by atoms with E-state index in [-0.39, 0.29) is 5.91 Å². The highest BCUT2D eigenvalue weighted by molar-refractivity contribution is 5.97. The van der Waals surface area contributed by atoms with E-state index in [0.717, 1.165) is 12.8 Å². The molecular formula is C14H26N2O3. The maximum absolute atomic E-state index is 12.4. The number of piperidine rings is 1. The largest absolute Gasteiger partial charge is 0.481 e. The van der Waals surface area contributed by atoms with Gasteiger partial charge in [-0.05, 0) is 32.4 Å². The van der Waals surface area contributed by atoms with Crippen LogP contribution in [-0.4, -0.2) is 60.0 Å². The number of carbonyl (C=O) groups is 2. The van der Waals surface area contributed by atoms with Crippen molar-refractivity contribution in [1.29, 1.82) is 0 Å². The number of aliphatic carboxylic acids is 1. The molecule has 1 heterocycles. The first-order valence-corrected chi connectivity index (χ1v) is 6.82. The van der Waals surface area contributed by atoms with E-state index in [0.29, 0.717) is 19.1 Å². The van der Waals surface area contributed by atoms with E-state index < -0.39 is 17.3 Å². The number of carboxylic acids is 1. The molecule has 1 rings (SSSR count). The molecule has 1 saturated heterocycles. The minimum Gasteiger partial charge on any atom is -0.481 e. The highest BCUT2D eigenvalue weighted by Gasteiger charge is 2.40. The zero-order valence-corrected chi connectivity index (χ0v) is 12.6. The second-order valence-electron chi connectivity index (χ2n) is 6.66. The van der Waals surface area contributed by atoms with Crippen LogP contribution in [0.15, 0.2) is 0 Å². The summed E-state index contributed by atoms with van der Waals surface area (Å²) in [5.74, 6) is -2.21. The van der Waals surface area contributed by atoms with Gasteiger partial charge in [-0.2, -0.15) is 0 Å². The van der Waals surface area contributed by atoms with Crippen molar-refractivity contribution in [2.24, 2.45) is 11.3 Å². The normalized spacial score (nSPS) is 19.6. The van der Waals surface area contributed by atoms with Crippen LogP contribution >= 0.6 is 0 Å². The van der Waals surface area contributed by atoms with Crippen molar-refractivity contribution in [1.82, 2.24) is 9.80 Å². The molecule has 1 aliphatic heterocycles. The lowest BCUT2D eigenvalue weighted by Crippen LogP contribution is -2.50. The number of carboxylic acid groups (broad SMARTS) is 1. The number of likely N-dealkylation sites (tertiary alicyclic amines) is 1. The van der Waals surface area contributed by atoms with Crippen molar-refractivity contribution in [3.05, 3.63) is 0 Å². The van der Waals surface area contributed by atoms with E-state index in [9.17, 15) is 14.7 Å². The summed E-state index contributed by atoms with van der Waals surface area (Å²) in [5.41, 5.74) is -0.554. The number of amides is 1. The Morgan fingerprint density at radius 2 is 1.68 bits per heavy atom. The predicted octanol–water partition coefficient (Wildman–Crippen LogP) is 1.29. The number of rotatable bonds is 3. The average molecular weight is 270 g/mol. The van der Waals surface area contributed by atoms with Gasteiger partial charge in [0.15, 0.2) is 0 Å². The van der Waals surface area contributed by atoms with E-state index in [1.807, 2.05) is 14.1 Å². The molecule has 0 aromatic heterocycles. The van der Waals surface area contributed by atoms with Gasteiger partial charge in [-0.1, -0.05) is 20.8 Å². The lowest BCUT2D eigenvalue weighted by Gasteiger charge is -2.38. The number of hydrogen-bond acceptors (Lipinski definition) is 3. The third kappa shape index (κ3) is 3.93. The summed E-state index contributed by atoms with van der Waals surface area (Å²) in [7, 11) is 4.08. The van der Waals surface area contributed by atoms with E-state index in [1.165, 1.54) is 0 Å². The molecule has 0 aromatic carbocycles. The fraction of sp³-hybridized carbons (Fsp3) is 0.857. The summed E-state index contributed by atoms with van der Waals surface area (Å²) in [6.45, 7) is 6.71. The molecule has 1 amide bonds. The van der Waals surface area contributed by atoms with Crippen LogP contribution < -0.4 is 0 Å². The van der Waals surface area contributed by atoms with Gasteiger partial charge in [0.2, 0.25) is 5.91 Å². The van der Waals surface area contributed by atoms with Crippen LogP contribution in [0.25, 0.3) is 0 Å². The highest BCUT2D eigenvalue weighted by atomic mass is 16.4. The van der Waals surface area contributed by atoms with Gasteiger partial charge >= 0.3 is 5.97 Å². The third-order valence-corrected chi connectivity index (χ3v) is 3.87. The second kappa shape index (κ2) is 5.90. The second-order valence-corrected chi connectivity index (χ2v) is 6.66. The molecule has 19 heavy (non-hydrogen) atoms. The molecule has 0 radical (unpaired) electrons. The van der Waals surface area contributed by atoms with Crippen molar-refractivity contribution in [3.8, 4) is 0 Å². The van der Waals surface area contributed by atoms with Gasteiger partial charge in [0.25, 0.3) is 0 Å². The molecule has 1 unspecified atom stereocenters. The van der Waals surface area contributed by atoms with Crippen LogP contribution in [0.2, 0.25) is 0 Å². The molecule has 1 atom stereocenters. The highest BCUT2D eigenvalue weighted by Crippen LogP contribution is 2.29. The van der Waals surface area contributed by atoms with Gasteiger partial charge in [-0.15, -0.1) is 0 Å². The van der Waals surface area contributed by atoms with Crippen molar-refractivity contribution < 1.29 is 14.7 Å². The first-order chi connectivity index (χ1) is 8.64. The molecule has 5 heteroatoms. The van der Waals surface area contributed by atoms with Gasteiger partial charge < -0.3 is 14.9 Å². The summed E-state index contributed by atoms with van der Waals surface area (Å²) in [5, 5.41) is 9.29. The van der Waals surface area contributed by atoms with Crippen LogP contribution in [0.5, 0.6) is 0 Å². The molecular weight excluding hydrogens is 244 g/mol.